The molecule has 22 heavy (non-hydrogen) atoms. The third-order valence-corrected chi connectivity index (χ3v) is 4.03. The Labute approximate surface area is 133 Å². The molecule has 1 unspecified atom stereocenters. The fourth-order valence-electron chi connectivity index (χ4n) is 2.00. The van der Waals surface area contributed by atoms with E-state index in [4.69, 9.17) is 4.74 Å². The number of benzene rings is 1. The molecule has 0 saturated carbocycles. The van der Waals surface area contributed by atoms with Gasteiger partial charge in [0.05, 0.1) is 5.69 Å². The van der Waals surface area contributed by atoms with Gasteiger partial charge in [0.2, 0.25) is 0 Å². The minimum Gasteiger partial charge on any atom is -0.455 e. The average molecular weight is 322 g/mol. The van der Waals surface area contributed by atoms with Gasteiger partial charge in [-0.1, -0.05) is 31.7 Å². The Balaban J connectivity index is 2.29. The maximum Gasteiger partial charge on any atom is 0.303 e. The summed E-state index contributed by atoms with van der Waals surface area (Å²) >= 11 is 1.39. The molecule has 0 saturated heterocycles. The summed E-state index contributed by atoms with van der Waals surface area (Å²) in [6.45, 7) is 7.22. The number of aromatic amines is 1. The van der Waals surface area contributed by atoms with Gasteiger partial charge in [-0.05, 0) is 31.0 Å². The van der Waals surface area contributed by atoms with E-state index in [0.29, 0.717) is 5.82 Å². The summed E-state index contributed by atoms with van der Waals surface area (Å²) in [6.07, 6.45) is -0.447. The van der Waals surface area contributed by atoms with Crippen molar-refractivity contribution in [3.63, 3.8) is 0 Å². The van der Waals surface area contributed by atoms with Crippen LogP contribution in [0.3, 0.4) is 0 Å². The lowest BCUT2D eigenvalue weighted by molar-refractivity contribution is -0.146. The predicted molar refractivity (Wildman–Crippen MR) is 83.4 cm³/mol. The van der Waals surface area contributed by atoms with Crippen molar-refractivity contribution in [1.82, 2.24) is 9.97 Å². The summed E-state index contributed by atoms with van der Waals surface area (Å²) in [5.41, 5.74) is 0.947. The summed E-state index contributed by atoms with van der Waals surface area (Å²) in [6, 6.07) is 6.38. The van der Waals surface area contributed by atoms with Crippen LogP contribution in [0.15, 0.2) is 34.2 Å². The van der Waals surface area contributed by atoms with Crippen LogP contribution in [0, 0.1) is 5.82 Å². The summed E-state index contributed by atoms with van der Waals surface area (Å²) in [7, 11) is 0. The van der Waals surface area contributed by atoms with E-state index in [1.165, 1.54) is 30.8 Å². The van der Waals surface area contributed by atoms with E-state index < -0.39 is 6.10 Å². The fourth-order valence-corrected chi connectivity index (χ4v) is 3.08. The van der Waals surface area contributed by atoms with Crippen LogP contribution in [0.1, 0.15) is 51.2 Å². The monoisotopic (exact) mass is 322 g/mol. The maximum atomic E-state index is 13.3. The van der Waals surface area contributed by atoms with Crippen molar-refractivity contribution in [1.29, 1.82) is 0 Å². The molecule has 1 heterocycles. The Kier molecular flexibility index (Phi) is 5.24. The lowest BCUT2D eigenvalue weighted by Crippen LogP contribution is -2.06. The normalized spacial score (nSPS) is 12.5. The van der Waals surface area contributed by atoms with Gasteiger partial charge < -0.3 is 9.72 Å². The zero-order valence-electron chi connectivity index (χ0n) is 13.0. The summed E-state index contributed by atoms with van der Waals surface area (Å²) in [5.74, 6) is 0.189. The van der Waals surface area contributed by atoms with Crippen LogP contribution in [0.25, 0.3) is 0 Å². The maximum absolute atomic E-state index is 13.3. The Morgan fingerprint density at radius 2 is 2.09 bits per heavy atom. The van der Waals surface area contributed by atoms with Crippen LogP contribution in [-0.2, 0) is 9.53 Å². The van der Waals surface area contributed by atoms with Crippen molar-refractivity contribution in [3.8, 4) is 0 Å². The molecule has 6 heteroatoms. The number of hydrogen-bond acceptors (Lipinski definition) is 4. The van der Waals surface area contributed by atoms with Gasteiger partial charge in [0.15, 0.2) is 6.10 Å². The molecule has 1 atom stereocenters. The number of nitrogens with zero attached hydrogens (tertiary/aromatic N) is 1. The minimum atomic E-state index is -0.447. The first-order valence-corrected chi connectivity index (χ1v) is 7.89. The van der Waals surface area contributed by atoms with Crippen molar-refractivity contribution in [2.45, 2.75) is 49.6 Å². The molecule has 1 aromatic carbocycles. The largest absolute Gasteiger partial charge is 0.455 e. The Morgan fingerprint density at radius 3 is 2.68 bits per heavy atom. The average Bonchev–Trinajstić information content (AvgIpc) is 2.82. The van der Waals surface area contributed by atoms with E-state index in [-0.39, 0.29) is 17.7 Å². The van der Waals surface area contributed by atoms with E-state index in [2.05, 4.69) is 9.97 Å². The second-order valence-corrected chi connectivity index (χ2v) is 6.37. The fraction of sp³-hybridized carbons (Fsp3) is 0.375. The number of carbonyl (C=O) groups excluding carboxylic acids is 1. The van der Waals surface area contributed by atoms with Crippen LogP contribution in [0.4, 0.5) is 4.39 Å². The molecule has 2 rings (SSSR count). The molecular formula is C16H19FN2O2S. The Hall–Kier alpha value is -1.82. The molecule has 0 fully saturated rings. The first-order valence-electron chi connectivity index (χ1n) is 7.07. The van der Waals surface area contributed by atoms with Crippen LogP contribution >= 0.6 is 11.8 Å². The molecule has 0 radical (unpaired) electrons. The molecule has 118 valence electrons. The van der Waals surface area contributed by atoms with Crippen LogP contribution in [0.2, 0.25) is 0 Å². The number of rotatable bonds is 5. The molecule has 2 aromatic rings. The SMILES string of the molecule is CC(=O)OC(C)c1nc(Sc2cccc(F)c2)c(C(C)C)[nH]1. The highest BCUT2D eigenvalue weighted by atomic mass is 32.2. The van der Waals surface area contributed by atoms with E-state index in [0.717, 1.165) is 15.6 Å². The third-order valence-electron chi connectivity index (χ3n) is 3.03. The van der Waals surface area contributed by atoms with Crippen LogP contribution in [-0.4, -0.2) is 15.9 Å². The number of hydrogen-bond donors (Lipinski definition) is 1. The molecule has 1 N–H and O–H groups in total. The van der Waals surface area contributed by atoms with Crippen molar-refractivity contribution in [3.05, 3.63) is 41.6 Å². The number of imidazole rings is 1. The summed E-state index contributed by atoms with van der Waals surface area (Å²) in [4.78, 5) is 19.6. The molecule has 0 aliphatic rings. The molecule has 1 aromatic heterocycles. The highest BCUT2D eigenvalue weighted by Gasteiger charge is 2.19. The molecule has 0 aliphatic heterocycles. The van der Waals surface area contributed by atoms with Crippen molar-refractivity contribution < 1.29 is 13.9 Å². The van der Waals surface area contributed by atoms with Gasteiger partial charge in [0, 0.05) is 11.8 Å². The van der Waals surface area contributed by atoms with E-state index in [9.17, 15) is 9.18 Å². The lowest BCUT2D eigenvalue weighted by Gasteiger charge is -2.08. The number of aromatic nitrogens is 2. The first-order chi connectivity index (χ1) is 10.4. The van der Waals surface area contributed by atoms with Gasteiger partial charge in [0.1, 0.15) is 16.7 Å². The smallest absolute Gasteiger partial charge is 0.303 e. The first kappa shape index (κ1) is 16.5. The molecule has 0 amide bonds. The highest BCUT2D eigenvalue weighted by Crippen LogP contribution is 2.34. The van der Waals surface area contributed by atoms with Gasteiger partial charge >= 0.3 is 5.97 Å². The molecule has 0 bridgehead atoms. The third kappa shape index (κ3) is 4.10. The molecule has 4 nitrogen and oxygen atoms in total. The molecular weight excluding hydrogens is 303 g/mol. The molecule has 0 spiro atoms. The minimum absolute atomic E-state index is 0.224. The van der Waals surface area contributed by atoms with Crippen LogP contribution < -0.4 is 0 Å². The predicted octanol–water partition coefficient (Wildman–Crippen LogP) is 4.45. The van der Waals surface area contributed by atoms with Crippen molar-refractivity contribution >= 4 is 17.7 Å². The van der Waals surface area contributed by atoms with E-state index in [1.54, 1.807) is 13.0 Å². The second-order valence-electron chi connectivity index (χ2n) is 5.31. The van der Waals surface area contributed by atoms with Crippen LogP contribution in [0.5, 0.6) is 0 Å². The summed E-state index contributed by atoms with van der Waals surface area (Å²) in [5, 5.41) is 0.773. The Morgan fingerprint density at radius 1 is 1.36 bits per heavy atom. The topological polar surface area (TPSA) is 55.0 Å². The van der Waals surface area contributed by atoms with Gasteiger partial charge in [-0.2, -0.15) is 0 Å². The number of carbonyl (C=O) groups is 1. The zero-order chi connectivity index (χ0) is 16.3. The number of halogens is 1. The highest BCUT2D eigenvalue weighted by molar-refractivity contribution is 7.99. The lowest BCUT2D eigenvalue weighted by atomic mass is 10.2. The van der Waals surface area contributed by atoms with Gasteiger partial charge in [-0.15, -0.1) is 0 Å². The van der Waals surface area contributed by atoms with Crippen molar-refractivity contribution in [2.75, 3.05) is 0 Å². The summed E-state index contributed by atoms with van der Waals surface area (Å²) < 4.78 is 18.5. The van der Waals surface area contributed by atoms with Gasteiger partial charge in [-0.3, -0.25) is 4.79 Å². The van der Waals surface area contributed by atoms with Gasteiger partial charge in [0.25, 0.3) is 0 Å². The van der Waals surface area contributed by atoms with E-state index in [1.807, 2.05) is 19.9 Å². The van der Waals surface area contributed by atoms with E-state index >= 15 is 0 Å². The van der Waals surface area contributed by atoms with Crippen molar-refractivity contribution in [2.24, 2.45) is 0 Å². The molecule has 0 aliphatic carbocycles. The Bertz CT molecular complexity index is 670. The standard InChI is InChI=1S/C16H19FN2O2S/c1-9(2)14-16(22-13-7-5-6-12(17)8-13)19-15(18-14)10(3)21-11(4)20/h5-10H,1-4H3,(H,18,19). The zero-order valence-corrected chi connectivity index (χ0v) is 13.8. The second kappa shape index (κ2) is 6.96. The number of nitrogens with one attached hydrogen (secondary N) is 1. The number of H-pyrrole nitrogens is 1. The number of ether oxygens (including phenoxy) is 1. The quantitative estimate of drug-likeness (QED) is 0.826. The number of esters is 1. The van der Waals surface area contributed by atoms with Gasteiger partial charge in [-0.25, -0.2) is 9.37 Å².